The summed E-state index contributed by atoms with van der Waals surface area (Å²) in [6.07, 6.45) is 0. The summed E-state index contributed by atoms with van der Waals surface area (Å²) in [4.78, 5) is 0. The van der Waals surface area contributed by atoms with Crippen molar-refractivity contribution in [2.45, 2.75) is 0 Å². The molecule has 0 saturated heterocycles. The molecule has 0 aliphatic rings. The summed E-state index contributed by atoms with van der Waals surface area (Å²) in [6, 6.07) is 66.3. The van der Waals surface area contributed by atoms with Crippen LogP contribution < -0.4 is 63.5 Å². The van der Waals surface area contributed by atoms with Crippen LogP contribution >= 0.6 is 104 Å². The summed E-state index contributed by atoms with van der Waals surface area (Å²) < 4.78 is 0. The summed E-state index contributed by atoms with van der Waals surface area (Å²) in [5.41, 5.74) is 0. The van der Waals surface area contributed by atoms with Gasteiger partial charge in [-0.3, -0.25) is 0 Å². The molecular weight excluding hydrogens is 1320 g/mol. The van der Waals surface area contributed by atoms with E-state index in [0.717, 1.165) is 0 Å². The summed E-state index contributed by atoms with van der Waals surface area (Å²) in [6.45, 7) is -3.19. The molecule has 10 heteroatoms. The molecule has 0 atom stereocenters. The van der Waals surface area contributed by atoms with Crippen LogP contribution in [0.3, 0.4) is 0 Å². The third kappa shape index (κ3) is 10.2. The molecule has 0 bridgehead atoms. The Morgan fingerprint density at radius 1 is 0.304 bits per heavy atom. The van der Waals surface area contributed by atoms with Crippen LogP contribution in [0.15, 0.2) is 182 Å². The Bertz CT molecular complexity index is 1350. The Kier molecular flexibility index (Phi) is 19.4. The van der Waals surface area contributed by atoms with Crippen LogP contribution in [0.25, 0.3) is 0 Å². The van der Waals surface area contributed by atoms with Gasteiger partial charge in [0.15, 0.2) is 0 Å². The summed E-state index contributed by atoms with van der Waals surface area (Å²) in [5, 5.41) is 8.80. The van der Waals surface area contributed by atoms with E-state index in [9.17, 15) is 0 Å². The van der Waals surface area contributed by atoms with Gasteiger partial charge >= 0.3 is 313 Å². The van der Waals surface area contributed by atoms with Crippen molar-refractivity contribution in [3.8, 4) is 0 Å². The van der Waals surface area contributed by atoms with Gasteiger partial charge in [-0.2, -0.15) is 0 Å². The zero-order valence-electron chi connectivity index (χ0n) is 24.3. The molecule has 6 aromatic carbocycles. The van der Waals surface area contributed by atoms with E-state index in [1.54, 1.807) is 0 Å². The topological polar surface area (TPSA) is 0 Å². The van der Waals surface area contributed by atoms with E-state index >= 15 is 0 Å². The molecule has 6 rings (SSSR count). The van der Waals surface area contributed by atoms with Crippen LogP contribution in [-0.4, -0.2) is 0 Å². The minimum atomic E-state index is -1.60. The third-order valence-corrected chi connectivity index (χ3v) is 50.3. The van der Waals surface area contributed by atoms with E-state index in [2.05, 4.69) is 274 Å². The summed E-state index contributed by atoms with van der Waals surface area (Å²) >= 11 is 9.58. The van der Waals surface area contributed by atoms with Gasteiger partial charge in [-0.1, -0.05) is 0 Å². The van der Waals surface area contributed by atoms with Crippen molar-refractivity contribution in [3.63, 3.8) is 0 Å². The molecule has 0 heterocycles. The Hall–Kier alpha value is 1.26. The van der Waals surface area contributed by atoms with Gasteiger partial charge in [-0.15, -0.1) is 0 Å². The monoisotopic (exact) mass is 1350 g/mol. The Morgan fingerprint density at radius 3 is 0.587 bits per heavy atom. The molecule has 0 nitrogen and oxygen atoms in total. The second-order valence-corrected chi connectivity index (χ2v) is 42.1. The first-order valence-corrected chi connectivity index (χ1v) is 44.3. The van der Waals surface area contributed by atoms with Gasteiger partial charge in [-0.05, 0) is 0 Å². The molecule has 0 aromatic heterocycles. The fourth-order valence-corrected chi connectivity index (χ4v) is 58.4. The van der Waals surface area contributed by atoms with E-state index in [1.165, 1.54) is 31.8 Å². The van der Waals surface area contributed by atoms with Crippen LogP contribution in [-0.2, 0) is 0 Å². The van der Waals surface area contributed by atoms with Gasteiger partial charge in [0.25, 0.3) is 0 Å². The van der Waals surface area contributed by atoms with Crippen molar-refractivity contribution >= 4 is 136 Å². The molecule has 0 unspecified atom stereocenters. The molecule has 6 aromatic rings. The van der Waals surface area contributed by atoms with Gasteiger partial charge in [0, 0.05) is 37.2 Å². The molecule has 0 amide bonds. The molecule has 0 saturated carbocycles. The normalized spacial score (nSPS) is 11.1. The molecule has 0 aliphatic heterocycles. The molecule has 0 fully saturated rings. The zero-order chi connectivity index (χ0) is 32.5. The average Bonchev–Trinajstić information content (AvgIpc) is 3.16. The van der Waals surface area contributed by atoms with Crippen molar-refractivity contribution in [3.05, 3.63) is 182 Å². The fourth-order valence-electron chi connectivity index (χ4n) is 5.04. The van der Waals surface area contributed by atoms with E-state index in [-0.39, 0.29) is 31.7 Å². The van der Waals surface area contributed by atoms with E-state index in [0.29, 0.717) is 0 Å². The quantitative estimate of drug-likeness (QED) is 0.127. The molecular formula is C36H30I6P2S2. The Morgan fingerprint density at radius 2 is 0.457 bits per heavy atom. The molecule has 0 aliphatic carbocycles. The first-order valence-electron chi connectivity index (χ1n) is 13.9. The molecule has 238 valence electrons. The predicted molar refractivity (Wildman–Crippen MR) is 242 cm³/mol. The number of hydrogen-bond acceptors (Lipinski definition) is 2. The van der Waals surface area contributed by atoms with Crippen molar-refractivity contribution in [2.24, 2.45) is 0 Å². The standard InChI is InChI=1S/2C18H15I2PS.I2/c2*19-20-22-21(16-10-4-1-5-11-16,17-12-6-2-7-13-17)18-14-8-3-9-15-18;1-2/h2*1-15H;. The van der Waals surface area contributed by atoms with Crippen molar-refractivity contribution in [1.29, 1.82) is 0 Å². The van der Waals surface area contributed by atoms with Crippen molar-refractivity contribution in [1.82, 2.24) is 0 Å². The molecule has 46 heavy (non-hydrogen) atoms. The SMILES string of the molecule is II.I[I-]S[P+](c1ccccc1)(c1ccccc1)c1ccccc1.I[I-]S[P+](c1ccccc1)(c1ccccc1)c1ccccc1. The third-order valence-electron chi connectivity index (χ3n) is 6.98. The summed E-state index contributed by atoms with van der Waals surface area (Å²) in [5.74, 6) is 0. The maximum atomic E-state index is 2.59. The minimum absolute atomic E-state index is 0.0764. The van der Waals surface area contributed by atoms with Gasteiger partial charge in [0.2, 0.25) is 0 Å². The van der Waals surface area contributed by atoms with Crippen LogP contribution in [0.1, 0.15) is 0 Å². The van der Waals surface area contributed by atoms with Gasteiger partial charge in [-0.25, -0.2) is 0 Å². The Labute approximate surface area is 343 Å². The van der Waals surface area contributed by atoms with Crippen LogP contribution in [0.4, 0.5) is 0 Å². The number of hydrogen-bond donors (Lipinski definition) is 0. The zero-order valence-corrected chi connectivity index (χ0v) is 40.7. The first-order chi connectivity index (χ1) is 22.8. The van der Waals surface area contributed by atoms with Crippen molar-refractivity contribution < 1.29 is 31.7 Å². The number of benzene rings is 6. The summed E-state index contributed by atoms with van der Waals surface area (Å²) in [7, 11) is 4.38. The van der Waals surface area contributed by atoms with Crippen LogP contribution in [0.5, 0.6) is 0 Å². The molecule has 0 spiro atoms. The number of halogens is 6. The van der Waals surface area contributed by atoms with Crippen LogP contribution in [0.2, 0.25) is 0 Å². The molecule has 0 radical (unpaired) electrons. The van der Waals surface area contributed by atoms with Crippen LogP contribution in [0, 0.1) is 0 Å². The van der Waals surface area contributed by atoms with E-state index in [4.69, 9.17) is 0 Å². The molecule has 0 N–H and O–H groups in total. The van der Waals surface area contributed by atoms with Gasteiger partial charge in [0.1, 0.15) is 0 Å². The Balaban J connectivity index is 0.000000198. The first kappa shape index (κ1) is 40.0. The second kappa shape index (κ2) is 22.3. The van der Waals surface area contributed by atoms with E-state index < -0.39 is 12.9 Å². The predicted octanol–water partition coefficient (Wildman–Crippen LogP) is 5.74. The van der Waals surface area contributed by atoms with Crippen molar-refractivity contribution in [2.75, 3.05) is 0 Å². The fraction of sp³-hybridized carbons (Fsp3) is 0. The van der Waals surface area contributed by atoms with E-state index in [1.807, 2.05) is 0 Å². The second-order valence-electron chi connectivity index (χ2n) is 9.49. The average molecular weight is 1350 g/mol. The van der Waals surface area contributed by atoms with Gasteiger partial charge in [0.05, 0.1) is 0 Å². The van der Waals surface area contributed by atoms with Gasteiger partial charge < -0.3 is 0 Å². The maximum absolute atomic E-state index is 2.59. The number of rotatable bonds is 10.